The van der Waals surface area contributed by atoms with Gasteiger partial charge in [-0.3, -0.25) is 4.99 Å². The highest BCUT2D eigenvalue weighted by Crippen LogP contribution is 2.32. The molecule has 3 N–H and O–H groups in total. The highest BCUT2D eigenvalue weighted by Gasteiger charge is 2.28. The minimum absolute atomic E-state index is 0.401. The first-order valence-corrected chi connectivity index (χ1v) is 10.5. The second-order valence-electron chi connectivity index (χ2n) is 8.85. The molecule has 0 aromatic carbocycles. The van der Waals surface area contributed by atoms with Gasteiger partial charge >= 0.3 is 12.1 Å². The minimum atomic E-state index is -0.783. The van der Waals surface area contributed by atoms with E-state index in [1.165, 1.54) is 12.8 Å². The Morgan fingerprint density at radius 3 is 2.26 bits per heavy atom. The van der Waals surface area contributed by atoms with E-state index < -0.39 is 29.3 Å². The molecule has 7 nitrogen and oxygen atoms in total. The monoisotopic (exact) mass is 401 g/mol. The van der Waals surface area contributed by atoms with Crippen molar-refractivity contribution in [1.82, 2.24) is 5.32 Å². The zero-order chi connectivity index (χ0) is 20.7. The molecule has 27 heavy (non-hydrogen) atoms. The summed E-state index contributed by atoms with van der Waals surface area (Å²) in [7, 11) is 0. The van der Waals surface area contributed by atoms with Gasteiger partial charge < -0.3 is 20.5 Å². The van der Waals surface area contributed by atoms with Crippen molar-refractivity contribution in [3.63, 3.8) is 0 Å². The number of alkyl carbamates (subject to hydrolysis) is 1. The van der Waals surface area contributed by atoms with Crippen molar-refractivity contribution in [2.45, 2.75) is 84.5 Å². The lowest BCUT2D eigenvalue weighted by atomic mass is 10.1. The van der Waals surface area contributed by atoms with Crippen LogP contribution in [0.15, 0.2) is 4.99 Å². The third-order valence-electron chi connectivity index (χ3n) is 3.46. The van der Waals surface area contributed by atoms with Gasteiger partial charge in [-0.15, -0.1) is 0 Å². The van der Waals surface area contributed by atoms with E-state index in [-0.39, 0.29) is 0 Å². The number of aliphatic imine (C=N–C) groups is 1. The Hall–Kier alpha value is -1.44. The van der Waals surface area contributed by atoms with Crippen molar-refractivity contribution in [1.29, 1.82) is 0 Å². The smallest absolute Gasteiger partial charge is 0.408 e. The summed E-state index contributed by atoms with van der Waals surface area (Å²) in [5.41, 5.74) is 4.62. The lowest BCUT2D eigenvalue weighted by Gasteiger charge is -2.26. The van der Waals surface area contributed by atoms with Gasteiger partial charge in [0.15, 0.2) is 5.17 Å². The molecule has 0 spiro atoms. The van der Waals surface area contributed by atoms with Crippen LogP contribution in [0, 0.1) is 5.92 Å². The van der Waals surface area contributed by atoms with E-state index in [0.717, 1.165) is 11.7 Å². The molecule has 1 unspecified atom stereocenters. The van der Waals surface area contributed by atoms with E-state index in [1.54, 1.807) is 53.3 Å². The fourth-order valence-corrected chi connectivity index (χ4v) is 3.01. The van der Waals surface area contributed by atoms with E-state index in [1.807, 2.05) is 0 Å². The summed E-state index contributed by atoms with van der Waals surface area (Å²) in [5.74, 6) is 1.34. The summed E-state index contributed by atoms with van der Waals surface area (Å²) in [6.45, 7) is 11.2. The van der Waals surface area contributed by atoms with Crippen molar-refractivity contribution >= 4 is 29.0 Å². The number of amidine groups is 1. The summed E-state index contributed by atoms with van der Waals surface area (Å²) in [5, 5.41) is 3.19. The standard InChI is InChI=1S/C19H35N3O4S/c1-18(2,3)25-15(23)14(22-17(24)26-19(4,5)6)8-7-11-21-16(20)27-12-13-9-10-13/h13-14H,7-12H2,1-6H3,(H2,20,21)(H,22,24). The summed E-state index contributed by atoms with van der Waals surface area (Å²) in [6, 6.07) is -0.783. The average Bonchev–Trinajstić information content (AvgIpc) is 3.28. The van der Waals surface area contributed by atoms with Crippen LogP contribution >= 0.6 is 11.8 Å². The number of carbonyl (C=O) groups excluding carboxylic acids is 2. The normalized spacial score (nSPS) is 16.6. The van der Waals surface area contributed by atoms with Crippen LogP contribution < -0.4 is 11.1 Å². The molecular formula is C19H35N3O4S. The van der Waals surface area contributed by atoms with Gasteiger partial charge in [0.05, 0.1) is 0 Å². The van der Waals surface area contributed by atoms with Gasteiger partial charge in [0.1, 0.15) is 17.2 Å². The maximum atomic E-state index is 12.4. The molecule has 8 heteroatoms. The number of hydrogen-bond donors (Lipinski definition) is 2. The van der Waals surface area contributed by atoms with Gasteiger partial charge in [0.2, 0.25) is 0 Å². The van der Waals surface area contributed by atoms with E-state index in [9.17, 15) is 9.59 Å². The largest absolute Gasteiger partial charge is 0.458 e. The Morgan fingerprint density at radius 2 is 1.74 bits per heavy atom. The third kappa shape index (κ3) is 12.5. The molecule has 1 rings (SSSR count). The lowest BCUT2D eigenvalue weighted by molar-refractivity contribution is -0.157. The topological polar surface area (TPSA) is 103 Å². The highest BCUT2D eigenvalue weighted by molar-refractivity contribution is 8.13. The first kappa shape index (κ1) is 23.6. The Kier molecular flexibility index (Phi) is 8.91. The number of nitrogens with zero attached hydrogens (tertiary/aromatic N) is 1. The van der Waals surface area contributed by atoms with Crippen molar-refractivity contribution in [2.75, 3.05) is 12.3 Å². The number of amides is 1. The van der Waals surface area contributed by atoms with Crippen LogP contribution in [0.3, 0.4) is 0 Å². The molecule has 156 valence electrons. The number of nitrogens with one attached hydrogen (secondary N) is 1. The molecule has 0 bridgehead atoms. The summed E-state index contributed by atoms with van der Waals surface area (Å²) in [4.78, 5) is 28.8. The molecule has 1 aliphatic rings. The van der Waals surface area contributed by atoms with Gasteiger partial charge in [-0.25, -0.2) is 9.59 Å². The molecule has 0 saturated heterocycles. The van der Waals surface area contributed by atoms with Crippen LogP contribution in [0.25, 0.3) is 0 Å². The Bertz CT molecular complexity index is 534. The van der Waals surface area contributed by atoms with Crippen LogP contribution in [0.4, 0.5) is 4.79 Å². The van der Waals surface area contributed by atoms with Crippen LogP contribution in [0.1, 0.15) is 67.2 Å². The SMILES string of the molecule is CC(C)(C)OC(=O)NC(CCCN=C(N)SCC1CC1)C(=O)OC(C)(C)C. The van der Waals surface area contributed by atoms with Gasteiger partial charge in [-0.05, 0) is 73.1 Å². The first-order chi connectivity index (χ1) is 12.4. The van der Waals surface area contributed by atoms with Crippen molar-refractivity contribution in [3.8, 4) is 0 Å². The Balaban J connectivity index is 2.52. The Labute approximate surface area is 167 Å². The first-order valence-electron chi connectivity index (χ1n) is 9.51. The van der Waals surface area contributed by atoms with Crippen LogP contribution in [-0.2, 0) is 14.3 Å². The molecular weight excluding hydrogens is 366 g/mol. The maximum absolute atomic E-state index is 12.4. The average molecular weight is 402 g/mol. The summed E-state index contributed by atoms with van der Waals surface area (Å²) < 4.78 is 10.7. The number of nitrogens with two attached hydrogens (primary N) is 1. The molecule has 0 aromatic heterocycles. The third-order valence-corrected chi connectivity index (χ3v) is 4.53. The molecule has 1 saturated carbocycles. The summed E-state index contributed by atoms with van der Waals surface area (Å²) in [6.07, 6.45) is 2.94. The van der Waals surface area contributed by atoms with Crippen molar-refractivity contribution in [3.05, 3.63) is 0 Å². The second kappa shape index (κ2) is 10.2. The number of hydrogen-bond acceptors (Lipinski definition) is 6. The van der Waals surface area contributed by atoms with Crippen LogP contribution in [-0.4, -0.2) is 46.8 Å². The van der Waals surface area contributed by atoms with Gasteiger partial charge in [0, 0.05) is 12.3 Å². The molecule has 1 amide bonds. The quantitative estimate of drug-likeness (QED) is 0.279. The fourth-order valence-electron chi connectivity index (χ4n) is 2.09. The molecule has 1 aliphatic carbocycles. The molecule has 1 fully saturated rings. The fraction of sp³-hybridized carbons (Fsp3) is 0.842. The van der Waals surface area contributed by atoms with Gasteiger partial charge in [-0.2, -0.15) is 0 Å². The van der Waals surface area contributed by atoms with Crippen LogP contribution in [0.2, 0.25) is 0 Å². The predicted molar refractivity (Wildman–Crippen MR) is 110 cm³/mol. The number of rotatable bonds is 8. The van der Waals surface area contributed by atoms with E-state index >= 15 is 0 Å². The molecule has 0 aliphatic heterocycles. The number of carbonyl (C=O) groups is 2. The second-order valence-corrected chi connectivity index (χ2v) is 9.89. The maximum Gasteiger partial charge on any atom is 0.408 e. The minimum Gasteiger partial charge on any atom is -0.458 e. The van der Waals surface area contributed by atoms with Gasteiger partial charge in [-0.1, -0.05) is 11.8 Å². The molecule has 0 aromatic rings. The van der Waals surface area contributed by atoms with Gasteiger partial charge in [0.25, 0.3) is 0 Å². The van der Waals surface area contributed by atoms with Crippen LogP contribution in [0.5, 0.6) is 0 Å². The predicted octanol–water partition coefficient (Wildman–Crippen LogP) is 3.46. The van der Waals surface area contributed by atoms with Crippen molar-refractivity contribution in [2.24, 2.45) is 16.6 Å². The number of esters is 1. The Morgan fingerprint density at radius 1 is 1.15 bits per heavy atom. The van der Waals surface area contributed by atoms with Crippen molar-refractivity contribution < 1.29 is 19.1 Å². The van der Waals surface area contributed by atoms with E-state index in [2.05, 4.69) is 10.3 Å². The molecule has 1 atom stereocenters. The number of thioether (sulfide) groups is 1. The molecule has 0 radical (unpaired) electrons. The number of ether oxygens (including phenoxy) is 2. The van der Waals surface area contributed by atoms with E-state index in [0.29, 0.717) is 24.6 Å². The summed E-state index contributed by atoms with van der Waals surface area (Å²) >= 11 is 1.58. The molecule has 0 heterocycles. The zero-order valence-corrected chi connectivity index (χ0v) is 18.3. The van der Waals surface area contributed by atoms with E-state index in [4.69, 9.17) is 15.2 Å². The zero-order valence-electron chi connectivity index (χ0n) is 17.5. The lowest BCUT2D eigenvalue weighted by Crippen LogP contribution is -2.46. The highest BCUT2D eigenvalue weighted by atomic mass is 32.2.